The van der Waals surface area contributed by atoms with Crippen LogP contribution in [0, 0.1) is 26.6 Å². The normalized spacial score (nSPS) is 15.1. The van der Waals surface area contributed by atoms with Crippen LogP contribution in [0.5, 0.6) is 0 Å². The molecule has 0 radical (unpaired) electrons. The topological polar surface area (TPSA) is 84.3 Å². The van der Waals surface area contributed by atoms with Crippen LogP contribution >= 0.6 is 0 Å². The van der Waals surface area contributed by atoms with Crippen LogP contribution in [0.3, 0.4) is 0 Å². The summed E-state index contributed by atoms with van der Waals surface area (Å²) in [6.45, 7) is 6.75. The molecule has 1 saturated heterocycles. The molecule has 0 aliphatic carbocycles. The number of hydrogen-bond donors (Lipinski definition) is 1. The average molecular weight is 499 g/mol. The first-order valence-electron chi connectivity index (χ1n) is 11.9. The van der Waals surface area contributed by atoms with Gasteiger partial charge in [0.1, 0.15) is 10.7 Å². The number of carbonyl (C=O) groups is 1. The van der Waals surface area contributed by atoms with Gasteiger partial charge < -0.3 is 5.32 Å². The zero-order valence-electron chi connectivity index (χ0n) is 20.3. The molecule has 1 aliphatic heterocycles. The van der Waals surface area contributed by atoms with E-state index in [2.05, 4.69) is 10.4 Å². The van der Waals surface area contributed by atoms with Gasteiger partial charge in [0.05, 0.1) is 23.6 Å². The molecule has 3 aromatic rings. The summed E-state index contributed by atoms with van der Waals surface area (Å²) < 4.78 is 44.1. The van der Waals surface area contributed by atoms with Crippen molar-refractivity contribution in [2.45, 2.75) is 57.9 Å². The van der Waals surface area contributed by atoms with E-state index in [1.54, 1.807) is 60.1 Å². The van der Waals surface area contributed by atoms with E-state index in [1.165, 1.54) is 12.1 Å². The van der Waals surface area contributed by atoms with Crippen LogP contribution in [0.4, 0.5) is 10.1 Å². The molecule has 2 heterocycles. The highest BCUT2D eigenvalue weighted by Crippen LogP contribution is 2.26. The summed E-state index contributed by atoms with van der Waals surface area (Å²) in [4.78, 5) is 12.8. The standard InChI is InChI=1S/C26H31FN4O3S/c1-18-8-13-24(23(27)16-18)28-26(32)22-11-9-21(10-12-22)17-31-20(3)25(19(2)29-31)35(33,34)30-14-6-4-5-7-15-30/h8-13,16H,4-7,14-15,17H2,1-3H3,(H,28,32). The molecule has 0 spiro atoms. The Morgan fingerprint density at radius 2 is 1.66 bits per heavy atom. The zero-order valence-corrected chi connectivity index (χ0v) is 21.2. The molecule has 4 rings (SSSR count). The predicted octanol–water partition coefficient (Wildman–Crippen LogP) is 4.81. The van der Waals surface area contributed by atoms with Crippen LogP contribution in [0.2, 0.25) is 0 Å². The molecule has 0 bridgehead atoms. The molecule has 2 aromatic carbocycles. The van der Waals surface area contributed by atoms with Crippen LogP contribution in [-0.4, -0.2) is 41.5 Å². The fraction of sp³-hybridized carbons (Fsp3) is 0.385. The van der Waals surface area contributed by atoms with Gasteiger partial charge in [0.2, 0.25) is 10.0 Å². The molecule has 1 amide bonds. The molecule has 1 aromatic heterocycles. The number of hydrogen-bond acceptors (Lipinski definition) is 4. The molecule has 1 N–H and O–H groups in total. The van der Waals surface area contributed by atoms with Gasteiger partial charge in [0, 0.05) is 18.7 Å². The number of nitrogens with zero attached hydrogens (tertiary/aromatic N) is 3. The Hall–Kier alpha value is -3.04. The number of benzene rings is 2. The number of sulfonamides is 1. The summed E-state index contributed by atoms with van der Waals surface area (Å²) in [7, 11) is -3.61. The van der Waals surface area contributed by atoms with Crippen molar-refractivity contribution in [1.82, 2.24) is 14.1 Å². The molecule has 35 heavy (non-hydrogen) atoms. The highest BCUT2D eigenvalue weighted by atomic mass is 32.2. The van der Waals surface area contributed by atoms with Gasteiger partial charge in [-0.15, -0.1) is 0 Å². The molecule has 1 aliphatic rings. The van der Waals surface area contributed by atoms with Gasteiger partial charge in [-0.3, -0.25) is 9.48 Å². The maximum Gasteiger partial charge on any atom is 0.255 e. The highest BCUT2D eigenvalue weighted by Gasteiger charge is 2.31. The van der Waals surface area contributed by atoms with Crippen LogP contribution in [0.1, 0.15) is 58.6 Å². The second-order valence-electron chi connectivity index (χ2n) is 9.11. The van der Waals surface area contributed by atoms with Crippen LogP contribution in [-0.2, 0) is 16.6 Å². The van der Waals surface area contributed by atoms with Crippen LogP contribution in [0.15, 0.2) is 47.4 Å². The predicted molar refractivity (Wildman–Crippen MR) is 134 cm³/mol. The number of halogens is 1. The lowest BCUT2D eigenvalue weighted by atomic mass is 10.1. The maximum atomic E-state index is 14.1. The molecular weight excluding hydrogens is 467 g/mol. The van der Waals surface area contributed by atoms with E-state index in [-0.39, 0.29) is 10.6 Å². The molecule has 0 unspecified atom stereocenters. The lowest BCUT2D eigenvalue weighted by Crippen LogP contribution is -2.32. The van der Waals surface area contributed by atoms with Gasteiger partial charge in [-0.25, -0.2) is 12.8 Å². The highest BCUT2D eigenvalue weighted by molar-refractivity contribution is 7.89. The summed E-state index contributed by atoms with van der Waals surface area (Å²) in [6.07, 6.45) is 3.86. The number of aryl methyl sites for hydroxylation is 2. The Labute approximate surface area is 206 Å². The van der Waals surface area contributed by atoms with E-state index in [1.807, 2.05) is 0 Å². The Morgan fingerprint density at radius 3 is 2.29 bits per heavy atom. The van der Waals surface area contributed by atoms with Crippen molar-refractivity contribution >= 4 is 21.6 Å². The minimum atomic E-state index is -3.61. The Kier molecular flexibility index (Phi) is 7.37. The Balaban J connectivity index is 1.49. The molecule has 186 valence electrons. The van der Waals surface area contributed by atoms with Gasteiger partial charge in [0.25, 0.3) is 5.91 Å². The van der Waals surface area contributed by atoms with Crippen molar-refractivity contribution in [3.05, 3.63) is 76.4 Å². The lowest BCUT2D eigenvalue weighted by molar-refractivity contribution is 0.102. The second kappa shape index (κ2) is 10.3. The van der Waals surface area contributed by atoms with Crippen molar-refractivity contribution in [2.24, 2.45) is 0 Å². The van der Waals surface area contributed by atoms with E-state index in [0.717, 1.165) is 36.8 Å². The average Bonchev–Trinajstić information content (AvgIpc) is 2.99. The lowest BCUT2D eigenvalue weighted by Gasteiger charge is -2.20. The molecule has 0 atom stereocenters. The first-order chi connectivity index (χ1) is 16.7. The molecule has 7 nitrogen and oxygen atoms in total. The number of carbonyl (C=O) groups excluding carboxylic acids is 1. The van der Waals surface area contributed by atoms with Gasteiger partial charge >= 0.3 is 0 Å². The van der Waals surface area contributed by atoms with Crippen molar-refractivity contribution < 1.29 is 17.6 Å². The summed E-state index contributed by atoms with van der Waals surface area (Å²) >= 11 is 0. The monoisotopic (exact) mass is 498 g/mol. The number of amides is 1. The third-order valence-corrected chi connectivity index (χ3v) is 8.55. The van der Waals surface area contributed by atoms with E-state index >= 15 is 0 Å². The fourth-order valence-corrected chi connectivity index (χ4v) is 6.36. The molecule has 1 fully saturated rings. The number of anilines is 1. The van der Waals surface area contributed by atoms with Crippen LogP contribution < -0.4 is 5.32 Å². The number of nitrogens with one attached hydrogen (secondary N) is 1. The van der Waals surface area contributed by atoms with Crippen molar-refractivity contribution in [3.8, 4) is 0 Å². The van der Waals surface area contributed by atoms with Crippen LogP contribution in [0.25, 0.3) is 0 Å². The Morgan fingerprint density at radius 1 is 1.00 bits per heavy atom. The summed E-state index contributed by atoms with van der Waals surface area (Å²) in [5.41, 5.74) is 3.26. The Bertz CT molecular complexity index is 1330. The van der Waals surface area contributed by atoms with Crippen molar-refractivity contribution in [1.29, 1.82) is 0 Å². The smallest absolute Gasteiger partial charge is 0.255 e. The molecule has 0 saturated carbocycles. The largest absolute Gasteiger partial charge is 0.319 e. The zero-order chi connectivity index (χ0) is 25.2. The summed E-state index contributed by atoms with van der Waals surface area (Å²) in [6, 6.07) is 11.6. The van der Waals surface area contributed by atoms with Gasteiger partial charge in [0.15, 0.2) is 0 Å². The van der Waals surface area contributed by atoms with Gasteiger partial charge in [-0.1, -0.05) is 31.0 Å². The van der Waals surface area contributed by atoms with Crippen molar-refractivity contribution in [2.75, 3.05) is 18.4 Å². The van der Waals surface area contributed by atoms with E-state index in [9.17, 15) is 17.6 Å². The van der Waals surface area contributed by atoms with E-state index in [0.29, 0.717) is 36.6 Å². The fourth-order valence-electron chi connectivity index (χ4n) is 4.47. The quantitative estimate of drug-likeness (QED) is 0.529. The van der Waals surface area contributed by atoms with Crippen molar-refractivity contribution in [3.63, 3.8) is 0 Å². The number of rotatable bonds is 6. The minimum Gasteiger partial charge on any atom is -0.319 e. The SMILES string of the molecule is Cc1ccc(NC(=O)c2ccc(Cn3nc(C)c(S(=O)(=O)N4CCCCCC4)c3C)cc2)c(F)c1. The van der Waals surface area contributed by atoms with Gasteiger partial charge in [-0.2, -0.15) is 9.40 Å². The third kappa shape index (κ3) is 5.46. The summed E-state index contributed by atoms with van der Waals surface area (Å²) in [5.74, 6) is -0.887. The first-order valence-corrected chi connectivity index (χ1v) is 13.3. The molecular formula is C26H31FN4O3S. The first kappa shape index (κ1) is 25.1. The third-order valence-electron chi connectivity index (χ3n) is 6.40. The van der Waals surface area contributed by atoms with E-state index < -0.39 is 21.7 Å². The van der Waals surface area contributed by atoms with Gasteiger partial charge in [-0.05, 0) is 69.0 Å². The molecule has 9 heteroatoms. The summed E-state index contributed by atoms with van der Waals surface area (Å²) in [5, 5.41) is 7.10. The number of aromatic nitrogens is 2. The maximum absolute atomic E-state index is 14.1. The minimum absolute atomic E-state index is 0.130. The van der Waals surface area contributed by atoms with E-state index in [4.69, 9.17) is 0 Å². The second-order valence-corrected chi connectivity index (χ2v) is 11.0.